The second-order valence-electron chi connectivity index (χ2n) is 5.64. The maximum Gasteiger partial charge on any atom is 0.127 e. The lowest BCUT2D eigenvalue weighted by molar-refractivity contribution is 0.273. The molecule has 20 heavy (non-hydrogen) atoms. The normalized spacial score (nSPS) is 13.3. The van der Waals surface area contributed by atoms with Crippen LogP contribution in [0.4, 0.5) is 0 Å². The van der Waals surface area contributed by atoms with Crippen LogP contribution >= 0.6 is 0 Å². The molecular weight excluding hydrogens is 248 g/mol. The number of fused-ring (bicyclic) bond motifs is 1. The Morgan fingerprint density at radius 1 is 1.35 bits per heavy atom. The topological polar surface area (TPSA) is 47.1 Å². The molecule has 2 aromatic rings. The van der Waals surface area contributed by atoms with Crippen molar-refractivity contribution in [2.45, 2.75) is 39.3 Å². The van der Waals surface area contributed by atoms with E-state index < -0.39 is 0 Å². The van der Waals surface area contributed by atoms with E-state index >= 15 is 0 Å². The van der Waals surface area contributed by atoms with Gasteiger partial charge in [0.15, 0.2) is 0 Å². The highest BCUT2D eigenvalue weighted by Crippen LogP contribution is 2.26. The third-order valence-electron chi connectivity index (χ3n) is 3.83. The van der Waals surface area contributed by atoms with E-state index in [1.165, 1.54) is 11.1 Å². The van der Waals surface area contributed by atoms with Gasteiger partial charge in [0.05, 0.1) is 17.1 Å². The quantitative estimate of drug-likeness (QED) is 0.881. The van der Waals surface area contributed by atoms with E-state index in [1.54, 1.807) is 0 Å². The molecule has 0 fully saturated rings. The lowest BCUT2D eigenvalue weighted by Crippen LogP contribution is -2.23. The molecule has 1 aromatic heterocycles. The zero-order chi connectivity index (χ0) is 14.7. The van der Waals surface area contributed by atoms with Crippen molar-refractivity contribution in [3.63, 3.8) is 0 Å². The van der Waals surface area contributed by atoms with Crippen LogP contribution in [0.25, 0.3) is 11.0 Å². The van der Waals surface area contributed by atoms with Gasteiger partial charge in [-0.3, -0.25) is 4.90 Å². The second kappa shape index (κ2) is 6.37. The average molecular weight is 274 g/mol. The van der Waals surface area contributed by atoms with Crippen molar-refractivity contribution in [1.29, 1.82) is 0 Å². The Morgan fingerprint density at radius 3 is 2.70 bits per heavy atom. The van der Waals surface area contributed by atoms with Crippen LogP contribution in [0.1, 0.15) is 37.2 Å². The summed E-state index contributed by atoms with van der Waals surface area (Å²) in [5.74, 6) is 1.16. The Labute approximate surface area is 121 Å². The van der Waals surface area contributed by atoms with Gasteiger partial charge in [-0.2, -0.15) is 0 Å². The van der Waals surface area contributed by atoms with Crippen molar-refractivity contribution < 1.29 is 0 Å². The standard InChI is InChI=1S/C16H26N4/c1-5-14(19(3)4)16-18-13-11-12(2)7-8-15(13)20(16)10-6-9-17/h7-8,11,14H,5-6,9-10,17H2,1-4H3. The van der Waals surface area contributed by atoms with Gasteiger partial charge in [0, 0.05) is 6.54 Å². The van der Waals surface area contributed by atoms with E-state index in [1.807, 2.05) is 0 Å². The van der Waals surface area contributed by atoms with Gasteiger partial charge in [0.1, 0.15) is 5.82 Å². The molecule has 1 unspecified atom stereocenters. The van der Waals surface area contributed by atoms with E-state index in [2.05, 4.69) is 55.6 Å². The Hall–Kier alpha value is -1.39. The van der Waals surface area contributed by atoms with E-state index in [9.17, 15) is 0 Å². The Morgan fingerprint density at radius 2 is 2.10 bits per heavy atom. The summed E-state index contributed by atoms with van der Waals surface area (Å²) in [6.45, 7) is 5.98. The predicted molar refractivity (Wildman–Crippen MR) is 84.9 cm³/mol. The SMILES string of the molecule is CCC(c1nc2cc(C)ccc2n1CCCN)N(C)C. The molecule has 0 amide bonds. The molecule has 0 aliphatic rings. The number of nitrogens with two attached hydrogens (primary N) is 1. The molecule has 1 heterocycles. The maximum absolute atomic E-state index is 5.69. The van der Waals surface area contributed by atoms with Gasteiger partial charge in [0.25, 0.3) is 0 Å². The molecule has 1 aromatic carbocycles. The number of benzene rings is 1. The van der Waals surface area contributed by atoms with Gasteiger partial charge in [-0.05, 0) is 58.1 Å². The summed E-state index contributed by atoms with van der Waals surface area (Å²) >= 11 is 0. The van der Waals surface area contributed by atoms with Crippen molar-refractivity contribution in [3.05, 3.63) is 29.6 Å². The van der Waals surface area contributed by atoms with Gasteiger partial charge < -0.3 is 10.3 Å². The molecule has 0 saturated heterocycles. The van der Waals surface area contributed by atoms with Crippen molar-refractivity contribution >= 4 is 11.0 Å². The van der Waals surface area contributed by atoms with E-state index in [4.69, 9.17) is 10.7 Å². The largest absolute Gasteiger partial charge is 0.330 e. The first-order chi connectivity index (χ1) is 9.58. The molecule has 2 N–H and O–H groups in total. The number of nitrogens with zero attached hydrogens (tertiary/aromatic N) is 3. The minimum Gasteiger partial charge on any atom is -0.330 e. The third-order valence-corrected chi connectivity index (χ3v) is 3.83. The fraction of sp³-hybridized carbons (Fsp3) is 0.562. The molecule has 4 heteroatoms. The fourth-order valence-electron chi connectivity index (χ4n) is 2.78. The van der Waals surface area contributed by atoms with Crippen LogP contribution in [0.15, 0.2) is 18.2 Å². The maximum atomic E-state index is 5.69. The molecule has 0 spiro atoms. The number of hydrogen-bond acceptors (Lipinski definition) is 3. The first-order valence-corrected chi connectivity index (χ1v) is 7.41. The third kappa shape index (κ3) is 2.86. The summed E-state index contributed by atoms with van der Waals surface area (Å²) in [5, 5.41) is 0. The summed E-state index contributed by atoms with van der Waals surface area (Å²) in [4.78, 5) is 7.14. The van der Waals surface area contributed by atoms with Crippen LogP contribution in [-0.2, 0) is 6.54 Å². The van der Waals surface area contributed by atoms with Crippen LogP contribution in [0.5, 0.6) is 0 Å². The summed E-state index contributed by atoms with van der Waals surface area (Å²) in [6, 6.07) is 6.85. The number of hydrogen-bond donors (Lipinski definition) is 1. The van der Waals surface area contributed by atoms with Crippen LogP contribution in [0, 0.1) is 6.92 Å². The summed E-state index contributed by atoms with van der Waals surface area (Å²) in [6.07, 6.45) is 2.04. The zero-order valence-electron chi connectivity index (χ0n) is 13.1. The summed E-state index contributed by atoms with van der Waals surface area (Å²) in [7, 11) is 4.23. The minimum atomic E-state index is 0.348. The summed E-state index contributed by atoms with van der Waals surface area (Å²) in [5.41, 5.74) is 9.26. The molecular formula is C16H26N4. The van der Waals surface area contributed by atoms with Crippen LogP contribution in [0.3, 0.4) is 0 Å². The first kappa shape index (κ1) is 15.0. The fourth-order valence-corrected chi connectivity index (χ4v) is 2.78. The van der Waals surface area contributed by atoms with Crippen molar-refractivity contribution in [2.24, 2.45) is 5.73 Å². The van der Waals surface area contributed by atoms with Crippen LogP contribution < -0.4 is 5.73 Å². The van der Waals surface area contributed by atoms with Gasteiger partial charge in [0.2, 0.25) is 0 Å². The Kier molecular flexibility index (Phi) is 4.78. The van der Waals surface area contributed by atoms with Gasteiger partial charge in [-0.15, -0.1) is 0 Å². The van der Waals surface area contributed by atoms with Crippen molar-refractivity contribution in [2.75, 3.05) is 20.6 Å². The lowest BCUT2D eigenvalue weighted by Gasteiger charge is -2.23. The monoisotopic (exact) mass is 274 g/mol. The minimum absolute atomic E-state index is 0.348. The zero-order valence-corrected chi connectivity index (χ0v) is 13.1. The molecule has 1 atom stereocenters. The highest BCUT2D eigenvalue weighted by atomic mass is 15.2. The Bertz CT molecular complexity index is 571. The van der Waals surface area contributed by atoms with Gasteiger partial charge >= 0.3 is 0 Å². The average Bonchev–Trinajstić information content (AvgIpc) is 2.74. The highest BCUT2D eigenvalue weighted by Gasteiger charge is 2.20. The Balaban J connectivity index is 2.55. The first-order valence-electron chi connectivity index (χ1n) is 7.41. The molecule has 0 aliphatic carbocycles. The number of aryl methyl sites for hydroxylation is 2. The van der Waals surface area contributed by atoms with Gasteiger partial charge in [-0.1, -0.05) is 13.0 Å². The van der Waals surface area contributed by atoms with Crippen molar-refractivity contribution in [1.82, 2.24) is 14.5 Å². The van der Waals surface area contributed by atoms with E-state index in [0.717, 1.165) is 30.7 Å². The second-order valence-corrected chi connectivity index (χ2v) is 5.64. The molecule has 2 rings (SSSR count). The molecule has 0 radical (unpaired) electrons. The van der Waals surface area contributed by atoms with Crippen molar-refractivity contribution in [3.8, 4) is 0 Å². The molecule has 110 valence electrons. The smallest absolute Gasteiger partial charge is 0.127 e. The lowest BCUT2D eigenvalue weighted by atomic mass is 10.2. The number of imidazole rings is 1. The molecule has 4 nitrogen and oxygen atoms in total. The molecule has 0 aliphatic heterocycles. The van der Waals surface area contributed by atoms with E-state index in [-0.39, 0.29) is 0 Å². The number of aromatic nitrogens is 2. The van der Waals surface area contributed by atoms with Crippen LogP contribution in [0.2, 0.25) is 0 Å². The van der Waals surface area contributed by atoms with Gasteiger partial charge in [-0.25, -0.2) is 4.98 Å². The molecule has 0 saturated carbocycles. The molecule has 0 bridgehead atoms. The highest BCUT2D eigenvalue weighted by molar-refractivity contribution is 5.77. The summed E-state index contributed by atoms with van der Waals surface area (Å²) < 4.78 is 2.34. The number of rotatable bonds is 6. The van der Waals surface area contributed by atoms with E-state index in [0.29, 0.717) is 12.6 Å². The van der Waals surface area contributed by atoms with Crippen LogP contribution in [-0.4, -0.2) is 35.1 Å². The predicted octanol–water partition coefficient (Wildman–Crippen LogP) is 2.71.